The molecule has 150 valence electrons. The number of carboxylic acid groups (broad SMARTS) is 1. The summed E-state index contributed by atoms with van der Waals surface area (Å²) < 4.78 is 0. The van der Waals surface area contributed by atoms with Crippen LogP contribution >= 0.6 is 24.4 Å². The smallest absolute Gasteiger partial charge is 0.327 e. The van der Waals surface area contributed by atoms with Gasteiger partial charge in [0.15, 0.2) is 0 Å². The maximum Gasteiger partial charge on any atom is 0.327 e. The van der Waals surface area contributed by atoms with E-state index in [4.69, 9.17) is 0 Å². The molecule has 4 nitrogen and oxygen atoms in total. The highest BCUT2D eigenvalue weighted by Gasteiger charge is 2.24. The molecule has 28 heavy (non-hydrogen) atoms. The molecule has 0 heterocycles. The number of carbonyl (C=O) groups excluding carboxylic acids is 1. The number of amides is 1. The molecule has 2 rings (SSSR count). The first kappa shape index (κ1) is 22.4. The van der Waals surface area contributed by atoms with Gasteiger partial charge in [0.2, 0.25) is 5.91 Å². The van der Waals surface area contributed by atoms with E-state index in [1.54, 1.807) is 0 Å². The van der Waals surface area contributed by atoms with Crippen LogP contribution < -0.4 is 5.32 Å². The molecule has 1 amide bonds. The Labute approximate surface area is 176 Å². The molecular weight excluding hydrogens is 390 g/mol. The van der Waals surface area contributed by atoms with Crippen LogP contribution in [-0.2, 0) is 21.8 Å². The summed E-state index contributed by atoms with van der Waals surface area (Å²) >= 11 is 5.79. The van der Waals surface area contributed by atoms with Gasteiger partial charge >= 0.3 is 5.97 Å². The van der Waals surface area contributed by atoms with Crippen molar-refractivity contribution in [1.82, 2.24) is 5.32 Å². The summed E-state index contributed by atoms with van der Waals surface area (Å²) in [6, 6.07) is 15.0. The van der Waals surface area contributed by atoms with Gasteiger partial charge in [0.1, 0.15) is 6.04 Å². The number of aryl methyl sites for hydroxylation is 2. The van der Waals surface area contributed by atoms with Crippen LogP contribution in [0, 0.1) is 19.8 Å². The fourth-order valence-electron chi connectivity index (χ4n) is 2.79. The van der Waals surface area contributed by atoms with E-state index in [2.05, 4.69) is 50.0 Å². The molecule has 0 aliphatic heterocycles. The Morgan fingerprint density at radius 3 is 2.39 bits per heavy atom. The number of hydrogen-bond donors (Lipinski definition) is 3. The molecule has 0 aliphatic carbocycles. The normalized spacial score (nSPS) is 13.0. The van der Waals surface area contributed by atoms with Crippen LogP contribution in [0.15, 0.2) is 48.5 Å². The Morgan fingerprint density at radius 2 is 1.79 bits per heavy atom. The van der Waals surface area contributed by atoms with Crippen LogP contribution in [0.5, 0.6) is 0 Å². The highest BCUT2D eigenvalue weighted by molar-refractivity contribution is 7.98. The van der Waals surface area contributed by atoms with Crippen molar-refractivity contribution in [2.75, 3.05) is 11.5 Å². The largest absolute Gasteiger partial charge is 0.480 e. The molecule has 0 spiro atoms. The standard InChI is InChI=1S/C22H27NO3S2/c1-15-8-9-18(10-16(15)2)13-28-14-20(22(25)26)23-21(24)19(12-27)11-17-6-4-3-5-7-17/h3-10,19-20,27H,11-14H2,1-2H3,(H,23,24)(H,25,26)/t19-,20+/m1/s1. The lowest BCUT2D eigenvalue weighted by molar-refractivity contribution is -0.141. The minimum Gasteiger partial charge on any atom is -0.480 e. The van der Waals surface area contributed by atoms with E-state index < -0.39 is 12.0 Å². The highest BCUT2D eigenvalue weighted by Crippen LogP contribution is 2.17. The van der Waals surface area contributed by atoms with Crippen LogP contribution in [0.1, 0.15) is 22.3 Å². The highest BCUT2D eigenvalue weighted by atomic mass is 32.2. The number of aliphatic carboxylic acids is 1. The van der Waals surface area contributed by atoms with Gasteiger partial charge in [0.25, 0.3) is 0 Å². The molecule has 6 heteroatoms. The summed E-state index contributed by atoms with van der Waals surface area (Å²) in [6.45, 7) is 4.13. The van der Waals surface area contributed by atoms with Crippen molar-refractivity contribution < 1.29 is 14.7 Å². The maximum absolute atomic E-state index is 12.6. The molecule has 0 saturated heterocycles. The van der Waals surface area contributed by atoms with Crippen molar-refractivity contribution in [2.24, 2.45) is 5.92 Å². The lowest BCUT2D eigenvalue weighted by Crippen LogP contribution is -2.46. The van der Waals surface area contributed by atoms with Crippen molar-refractivity contribution in [3.63, 3.8) is 0 Å². The molecular formula is C22H27NO3S2. The van der Waals surface area contributed by atoms with E-state index in [1.807, 2.05) is 30.3 Å². The van der Waals surface area contributed by atoms with Crippen LogP contribution in [0.25, 0.3) is 0 Å². The second-order valence-corrected chi connectivity index (χ2v) is 8.30. The fraction of sp³-hybridized carbons (Fsp3) is 0.364. The molecule has 2 atom stereocenters. The van der Waals surface area contributed by atoms with E-state index in [9.17, 15) is 14.7 Å². The summed E-state index contributed by atoms with van der Waals surface area (Å²) in [7, 11) is 0. The summed E-state index contributed by atoms with van der Waals surface area (Å²) in [5.74, 6) is -0.253. The number of thioether (sulfide) groups is 1. The first-order chi connectivity index (χ1) is 13.4. The average Bonchev–Trinajstić information content (AvgIpc) is 2.68. The van der Waals surface area contributed by atoms with Gasteiger partial charge in [-0.15, -0.1) is 0 Å². The number of hydrogen-bond acceptors (Lipinski definition) is 4. The van der Waals surface area contributed by atoms with Gasteiger partial charge < -0.3 is 10.4 Å². The molecule has 2 aromatic carbocycles. The van der Waals surface area contributed by atoms with E-state index in [0.717, 1.165) is 11.1 Å². The third-order valence-corrected chi connectivity index (χ3v) is 6.20. The van der Waals surface area contributed by atoms with Crippen LogP contribution in [0.2, 0.25) is 0 Å². The molecule has 2 N–H and O–H groups in total. The molecule has 2 aromatic rings. The van der Waals surface area contributed by atoms with Crippen molar-refractivity contribution >= 4 is 36.3 Å². The topological polar surface area (TPSA) is 66.4 Å². The average molecular weight is 418 g/mol. The Morgan fingerprint density at radius 1 is 1.07 bits per heavy atom. The second kappa shape index (κ2) is 11.2. The Hall–Kier alpha value is -1.92. The Kier molecular flexibility index (Phi) is 8.93. The molecule has 0 saturated carbocycles. The summed E-state index contributed by atoms with van der Waals surface area (Å²) in [6.07, 6.45) is 0.540. The van der Waals surface area contributed by atoms with Gasteiger partial charge in [-0.05, 0) is 42.5 Å². The van der Waals surface area contributed by atoms with E-state index >= 15 is 0 Å². The predicted octanol–water partition coefficient (Wildman–Crippen LogP) is 3.89. The molecule has 0 fully saturated rings. The van der Waals surface area contributed by atoms with Crippen LogP contribution in [0.4, 0.5) is 0 Å². The van der Waals surface area contributed by atoms with Crippen LogP contribution in [-0.4, -0.2) is 34.5 Å². The SMILES string of the molecule is Cc1ccc(CSC[C@H](NC(=O)[C@@H](CS)Cc2ccccc2)C(=O)O)cc1C. The van der Waals surface area contributed by atoms with Crippen molar-refractivity contribution in [1.29, 1.82) is 0 Å². The van der Waals surface area contributed by atoms with Gasteiger partial charge in [-0.3, -0.25) is 4.79 Å². The van der Waals surface area contributed by atoms with Gasteiger partial charge in [-0.2, -0.15) is 24.4 Å². The van der Waals surface area contributed by atoms with Crippen LogP contribution in [0.3, 0.4) is 0 Å². The number of carbonyl (C=O) groups is 2. The molecule has 0 radical (unpaired) electrons. The zero-order valence-electron chi connectivity index (χ0n) is 16.2. The minimum atomic E-state index is -1.02. The third kappa shape index (κ3) is 6.91. The minimum absolute atomic E-state index is 0.266. The molecule has 0 aliphatic rings. The lowest BCUT2D eigenvalue weighted by Gasteiger charge is -2.19. The molecule has 0 unspecified atom stereocenters. The van der Waals surface area contributed by atoms with Crippen molar-refractivity contribution in [3.05, 3.63) is 70.8 Å². The molecule has 0 aromatic heterocycles. The number of rotatable bonds is 10. The fourth-order valence-corrected chi connectivity index (χ4v) is 4.08. The zero-order chi connectivity index (χ0) is 20.5. The third-order valence-electron chi connectivity index (χ3n) is 4.66. The van der Waals surface area contributed by atoms with Gasteiger partial charge in [-0.1, -0.05) is 48.5 Å². The molecule has 0 bridgehead atoms. The number of nitrogens with one attached hydrogen (secondary N) is 1. The number of benzene rings is 2. The van der Waals surface area contributed by atoms with E-state index in [1.165, 1.54) is 22.9 Å². The lowest BCUT2D eigenvalue weighted by atomic mass is 10.00. The first-order valence-corrected chi connectivity index (χ1v) is 11.0. The second-order valence-electron chi connectivity index (χ2n) is 6.90. The van der Waals surface area contributed by atoms with Crippen molar-refractivity contribution in [3.8, 4) is 0 Å². The number of carboxylic acids is 1. The monoisotopic (exact) mass is 417 g/mol. The Bertz CT molecular complexity index is 796. The van der Waals surface area contributed by atoms with Gasteiger partial charge in [-0.25, -0.2) is 4.79 Å². The van der Waals surface area contributed by atoms with Crippen molar-refractivity contribution in [2.45, 2.75) is 32.1 Å². The number of thiol groups is 1. The maximum atomic E-state index is 12.6. The summed E-state index contributed by atoms with van der Waals surface area (Å²) in [5, 5.41) is 12.2. The first-order valence-electron chi connectivity index (χ1n) is 9.22. The quantitative estimate of drug-likeness (QED) is 0.513. The summed E-state index contributed by atoms with van der Waals surface area (Å²) in [5.41, 5.74) is 4.65. The Balaban J connectivity index is 1.90. The summed E-state index contributed by atoms with van der Waals surface area (Å²) in [4.78, 5) is 24.2. The van der Waals surface area contributed by atoms with Gasteiger partial charge in [0.05, 0.1) is 5.92 Å². The van der Waals surface area contributed by atoms with Gasteiger partial charge in [0, 0.05) is 17.3 Å². The van der Waals surface area contributed by atoms with E-state index in [-0.39, 0.29) is 11.8 Å². The zero-order valence-corrected chi connectivity index (χ0v) is 17.9. The predicted molar refractivity (Wildman–Crippen MR) is 119 cm³/mol. The van der Waals surface area contributed by atoms with E-state index in [0.29, 0.717) is 23.7 Å².